The number of piperidine rings is 1. The van der Waals surface area contributed by atoms with Gasteiger partial charge < -0.3 is 9.64 Å². The van der Waals surface area contributed by atoms with Gasteiger partial charge in [0.2, 0.25) is 0 Å². The van der Waals surface area contributed by atoms with E-state index in [1.807, 2.05) is 11.0 Å². The quantitative estimate of drug-likeness (QED) is 0.762. The Kier molecular flexibility index (Phi) is 3.33. The van der Waals surface area contributed by atoms with Crippen LogP contribution in [0.3, 0.4) is 0 Å². The summed E-state index contributed by atoms with van der Waals surface area (Å²) in [6.07, 6.45) is 3.30. The van der Waals surface area contributed by atoms with Crippen molar-refractivity contribution in [3.63, 3.8) is 0 Å². The van der Waals surface area contributed by atoms with Gasteiger partial charge in [-0.1, -0.05) is 30.3 Å². The molecule has 2 unspecified atom stereocenters. The SMILES string of the molecule is O=C(C1CO1)N1CCCC(Cc2ccccc2)C1. The smallest absolute Gasteiger partial charge is 0.254 e. The first-order valence-electron chi connectivity index (χ1n) is 6.77. The van der Waals surface area contributed by atoms with E-state index in [9.17, 15) is 4.79 Å². The highest BCUT2D eigenvalue weighted by Gasteiger charge is 2.36. The number of nitrogens with zero attached hydrogens (tertiary/aromatic N) is 1. The van der Waals surface area contributed by atoms with Crippen LogP contribution in [-0.2, 0) is 16.0 Å². The molecule has 2 aliphatic rings. The first-order valence-corrected chi connectivity index (χ1v) is 6.77. The lowest BCUT2D eigenvalue weighted by molar-refractivity contribution is -0.134. The molecule has 0 saturated carbocycles. The minimum atomic E-state index is -0.125. The average Bonchev–Trinajstić information content (AvgIpc) is 3.24. The summed E-state index contributed by atoms with van der Waals surface area (Å²) in [5, 5.41) is 0. The van der Waals surface area contributed by atoms with Gasteiger partial charge in [0, 0.05) is 13.1 Å². The van der Waals surface area contributed by atoms with Gasteiger partial charge in [-0.2, -0.15) is 0 Å². The minimum absolute atomic E-state index is 0.125. The highest BCUT2D eigenvalue weighted by atomic mass is 16.6. The average molecular weight is 245 g/mol. The van der Waals surface area contributed by atoms with Gasteiger partial charge in [0.05, 0.1) is 6.61 Å². The number of benzene rings is 1. The molecule has 0 aliphatic carbocycles. The molecule has 1 amide bonds. The van der Waals surface area contributed by atoms with Crippen LogP contribution in [0.1, 0.15) is 18.4 Å². The number of hydrogen-bond donors (Lipinski definition) is 0. The summed E-state index contributed by atoms with van der Waals surface area (Å²) in [5.41, 5.74) is 1.37. The van der Waals surface area contributed by atoms with Crippen molar-refractivity contribution in [2.45, 2.75) is 25.4 Å². The van der Waals surface area contributed by atoms with Crippen molar-refractivity contribution >= 4 is 5.91 Å². The molecule has 0 radical (unpaired) electrons. The largest absolute Gasteiger partial charge is 0.363 e. The minimum Gasteiger partial charge on any atom is -0.363 e. The monoisotopic (exact) mass is 245 g/mol. The summed E-state index contributed by atoms with van der Waals surface area (Å²) in [6.45, 7) is 2.43. The summed E-state index contributed by atoms with van der Waals surface area (Å²) in [6, 6.07) is 10.6. The number of hydrogen-bond acceptors (Lipinski definition) is 2. The fraction of sp³-hybridized carbons (Fsp3) is 0.533. The van der Waals surface area contributed by atoms with Crippen molar-refractivity contribution < 1.29 is 9.53 Å². The summed E-state index contributed by atoms with van der Waals surface area (Å²) < 4.78 is 5.09. The number of ether oxygens (including phenoxy) is 1. The zero-order valence-corrected chi connectivity index (χ0v) is 10.5. The highest BCUT2D eigenvalue weighted by Crippen LogP contribution is 2.23. The van der Waals surface area contributed by atoms with E-state index in [0.717, 1.165) is 25.9 Å². The second kappa shape index (κ2) is 5.11. The Morgan fingerprint density at radius 1 is 1.33 bits per heavy atom. The fourth-order valence-corrected chi connectivity index (χ4v) is 2.77. The topological polar surface area (TPSA) is 32.8 Å². The Labute approximate surface area is 108 Å². The molecule has 2 atom stereocenters. The number of likely N-dealkylation sites (tertiary alicyclic amines) is 1. The Morgan fingerprint density at radius 3 is 2.83 bits per heavy atom. The van der Waals surface area contributed by atoms with Crippen LogP contribution in [0.15, 0.2) is 30.3 Å². The van der Waals surface area contributed by atoms with Gasteiger partial charge in [-0.25, -0.2) is 0 Å². The number of carbonyl (C=O) groups is 1. The molecule has 2 fully saturated rings. The number of epoxide rings is 1. The summed E-state index contributed by atoms with van der Waals surface area (Å²) in [5.74, 6) is 0.802. The first kappa shape index (κ1) is 11.7. The third-order valence-corrected chi connectivity index (χ3v) is 3.81. The molecule has 2 aliphatic heterocycles. The van der Waals surface area contributed by atoms with Gasteiger partial charge in [-0.3, -0.25) is 4.79 Å². The van der Waals surface area contributed by atoms with E-state index < -0.39 is 0 Å². The van der Waals surface area contributed by atoms with Crippen molar-refractivity contribution in [1.29, 1.82) is 0 Å². The molecular weight excluding hydrogens is 226 g/mol. The van der Waals surface area contributed by atoms with Gasteiger partial charge in [0.25, 0.3) is 5.91 Å². The molecule has 1 aromatic carbocycles. The van der Waals surface area contributed by atoms with Crippen LogP contribution in [-0.4, -0.2) is 36.6 Å². The molecule has 18 heavy (non-hydrogen) atoms. The van der Waals surface area contributed by atoms with E-state index in [0.29, 0.717) is 12.5 Å². The van der Waals surface area contributed by atoms with E-state index in [-0.39, 0.29) is 12.0 Å². The second-order valence-electron chi connectivity index (χ2n) is 5.30. The maximum atomic E-state index is 12.0. The Bertz CT molecular complexity index is 414. The molecule has 0 spiro atoms. The van der Waals surface area contributed by atoms with Gasteiger partial charge in [0.15, 0.2) is 6.10 Å². The molecule has 96 valence electrons. The van der Waals surface area contributed by atoms with Crippen molar-refractivity contribution in [1.82, 2.24) is 4.90 Å². The van der Waals surface area contributed by atoms with Crippen LogP contribution in [0.25, 0.3) is 0 Å². The Morgan fingerprint density at radius 2 is 2.11 bits per heavy atom. The van der Waals surface area contributed by atoms with Crippen LogP contribution in [0.4, 0.5) is 0 Å². The van der Waals surface area contributed by atoms with Crippen LogP contribution in [0.2, 0.25) is 0 Å². The third-order valence-electron chi connectivity index (χ3n) is 3.81. The van der Waals surface area contributed by atoms with Crippen LogP contribution < -0.4 is 0 Å². The van der Waals surface area contributed by atoms with Gasteiger partial charge in [0.1, 0.15) is 0 Å². The van der Waals surface area contributed by atoms with E-state index >= 15 is 0 Å². The lowest BCUT2D eigenvalue weighted by atomic mass is 9.91. The molecule has 0 aromatic heterocycles. The van der Waals surface area contributed by atoms with Crippen LogP contribution in [0.5, 0.6) is 0 Å². The predicted octanol–water partition coefficient (Wildman–Crippen LogP) is 1.87. The number of carbonyl (C=O) groups excluding carboxylic acids is 1. The normalized spacial score (nSPS) is 27.0. The maximum Gasteiger partial charge on any atom is 0.254 e. The van der Waals surface area contributed by atoms with Crippen LogP contribution >= 0.6 is 0 Å². The molecule has 0 bridgehead atoms. The number of rotatable bonds is 3. The Hall–Kier alpha value is -1.35. The van der Waals surface area contributed by atoms with Crippen molar-refractivity contribution in [3.8, 4) is 0 Å². The van der Waals surface area contributed by atoms with Crippen molar-refractivity contribution in [3.05, 3.63) is 35.9 Å². The zero-order valence-electron chi connectivity index (χ0n) is 10.5. The van der Waals surface area contributed by atoms with Gasteiger partial charge in [-0.05, 0) is 30.7 Å². The summed E-state index contributed by atoms with van der Waals surface area (Å²) in [4.78, 5) is 14.0. The molecule has 3 rings (SSSR count). The molecule has 0 N–H and O–H groups in total. The Balaban J connectivity index is 1.58. The van der Waals surface area contributed by atoms with Gasteiger partial charge in [-0.15, -0.1) is 0 Å². The highest BCUT2D eigenvalue weighted by molar-refractivity contribution is 5.83. The van der Waals surface area contributed by atoms with Crippen molar-refractivity contribution in [2.75, 3.05) is 19.7 Å². The molecule has 3 nitrogen and oxygen atoms in total. The zero-order chi connectivity index (χ0) is 12.4. The van der Waals surface area contributed by atoms with E-state index in [1.54, 1.807) is 0 Å². The third kappa shape index (κ3) is 2.72. The summed E-state index contributed by atoms with van der Waals surface area (Å²) in [7, 11) is 0. The van der Waals surface area contributed by atoms with E-state index in [2.05, 4.69) is 24.3 Å². The van der Waals surface area contributed by atoms with E-state index in [1.165, 1.54) is 12.0 Å². The molecular formula is C15H19NO2. The molecule has 3 heteroatoms. The summed E-state index contributed by atoms with van der Waals surface area (Å²) >= 11 is 0. The second-order valence-corrected chi connectivity index (χ2v) is 5.30. The van der Waals surface area contributed by atoms with E-state index in [4.69, 9.17) is 4.74 Å². The van der Waals surface area contributed by atoms with Crippen LogP contribution in [0, 0.1) is 5.92 Å². The molecule has 1 aromatic rings. The number of amides is 1. The van der Waals surface area contributed by atoms with Crippen molar-refractivity contribution in [2.24, 2.45) is 5.92 Å². The lowest BCUT2D eigenvalue weighted by Crippen LogP contribution is -2.42. The first-order chi connectivity index (χ1) is 8.83. The fourth-order valence-electron chi connectivity index (χ4n) is 2.77. The molecule has 2 heterocycles. The predicted molar refractivity (Wildman–Crippen MR) is 69.2 cm³/mol. The van der Waals surface area contributed by atoms with Gasteiger partial charge >= 0.3 is 0 Å². The lowest BCUT2D eigenvalue weighted by Gasteiger charge is -2.32. The maximum absolute atomic E-state index is 12.0. The standard InChI is InChI=1S/C15H19NO2/c17-15(14-11-18-14)16-8-4-7-13(10-16)9-12-5-2-1-3-6-12/h1-3,5-6,13-14H,4,7-11H2. The molecule has 2 saturated heterocycles.